The van der Waals surface area contributed by atoms with Crippen LogP contribution < -0.4 is 0 Å². The van der Waals surface area contributed by atoms with Crippen molar-refractivity contribution in [3.8, 4) is 0 Å². The fourth-order valence-corrected chi connectivity index (χ4v) is 3.13. The largest absolute Gasteiger partial charge is 0.292 e. The molecule has 0 heterocycles. The van der Waals surface area contributed by atoms with Gasteiger partial charge in [-0.1, -0.05) is 36.5 Å². The van der Waals surface area contributed by atoms with Crippen LogP contribution in [-0.2, 0) is 10.1 Å². The second-order valence-electron chi connectivity index (χ2n) is 4.18. The van der Waals surface area contributed by atoms with Gasteiger partial charge in [0.15, 0.2) is 10.5 Å². The van der Waals surface area contributed by atoms with Crippen LogP contribution >= 0.6 is 12.2 Å². The number of thiocarbonyl (C=S) groups is 1. The molecular formula is C11H10O4S2. The highest BCUT2D eigenvalue weighted by Gasteiger charge is 2.50. The van der Waals surface area contributed by atoms with E-state index in [4.69, 9.17) is 12.2 Å². The van der Waals surface area contributed by atoms with Gasteiger partial charge in [-0.05, 0) is 12.5 Å². The van der Waals surface area contributed by atoms with Gasteiger partial charge in [0.05, 0.1) is 0 Å². The van der Waals surface area contributed by atoms with Gasteiger partial charge in [0, 0.05) is 16.8 Å². The summed E-state index contributed by atoms with van der Waals surface area (Å²) in [6.07, 6.45) is -0.156. The molecule has 1 aromatic carbocycles. The van der Waals surface area contributed by atoms with Crippen LogP contribution in [0, 0.1) is 0 Å². The molecule has 0 aliphatic heterocycles. The summed E-state index contributed by atoms with van der Waals surface area (Å²) in [6.45, 7) is 1.20. The summed E-state index contributed by atoms with van der Waals surface area (Å²) in [5, 5.41) is 0. The molecule has 17 heavy (non-hydrogen) atoms. The Morgan fingerprint density at radius 3 is 2.35 bits per heavy atom. The van der Waals surface area contributed by atoms with Crippen LogP contribution in [0.15, 0.2) is 24.3 Å². The van der Waals surface area contributed by atoms with E-state index in [1.54, 1.807) is 18.2 Å². The lowest BCUT2D eigenvalue weighted by molar-refractivity contribution is 0.0941. The van der Waals surface area contributed by atoms with Gasteiger partial charge in [-0.25, -0.2) is 0 Å². The molecule has 0 bridgehead atoms. The van der Waals surface area contributed by atoms with Gasteiger partial charge < -0.3 is 0 Å². The molecule has 90 valence electrons. The zero-order valence-electron chi connectivity index (χ0n) is 9.00. The van der Waals surface area contributed by atoms with Gasteiger partial charge in [-0.2, -0.15) is 8.42 Å². The highest BCUT2D eigenvalue weighted by atomic mass is 32.2. The predicted molar refractivity (Wildman–Crippen MR) is 67.0 cm³/mol. The van der Waals surface area contributed by atoms with E-state index in [1.807, 2.05) is 0 Å². The van der Waals surface area contributed by atoms with Crippen molar-refractivity contribution in [2.75, 3.05) is 0 Å². The van der Waals surface area contributed by atoms with Gasteiger partial charge >= 0.3 is 0 Å². The molecule has 0 fully saturated rings. The van der Waals surface area contributed by atoms with Crippen molar-refractivity contribution >= 4 is 33.0 Å². The first-order valence-electron chi connectivity index (χ1n) is 4.91. The molecule has 1 unspecified atom stereocenters. The Labute approximate surface area is 104 Å². The maximum atomic E-state index is 12.1. The summed E-state index contributed by atoms with van der Waals surface area (Å²) in [7, 11) is -4.49. The number of benzene rings is 1. The van der Waals surface area contributed by atoms with E-state index in [0.717, 1.165) is 0 Å². The lowest BCUT2D eigenvalue weighted by Gasteiger charge is -2.30. The molecule has 4 nitrogen and oxygen atoms in total. The lowest BCUT2D eigenvalue weighted by atomic mass is 9.83. The minimum absolute atomic E-state index is 0.156. The predicted octanol–water partition coefficient (Wildman–Crippen LogP) is 1.64. The Balaban J connectivity index is 2.70. The Bertz CT molecular complexity index is 618. The topological polar surface area (TPSA) is 71.4 Å². The molecule has 1 N–H and O–H groups in total. The number of ketones is 1. The third-order valence-electron chi connectivity index (χ3n) is 3.02. The van der Waals surface area contributed by atoms with Gasteiger partial charge in [0.25, 0.3) is 10.1 Å². The average molecular weight is 270 g/mol. The molecule has 0 radical (unpaired) electrons. The second-order valence-corrected chi connectivity index (χ2v) is 6.52. The normalized spacial score (nSPS) is 24.6. The summed E-state index contributed by atoms with van der Waals surface area (Å²) in [5.41, 5.74) is 0.831. The summed E-state index contributed by atoms with van der Waals surface area (Å²) < 4.78 is 30.0. The minimum Gasteiger partial charge on any atom is -0.292 e. The number of hydrogen-bond acceptors (Lipinski definition) is 4. The van der Waals surface area contributed by atoms with Gasteiger partial charge in [0.2, 0.25) is 0 Å². The number of fused-ring (bicyclic) bond motifs is 1. The van der Waals surface area contributed by atoms with Crippen LogP contribution in [0.25, 0.3) is 0 Å². The lowest BCUT2D eigenvalue weighted by Crippen LogP contribution is -2.48. The Morgan fingerprint density at radius 1 is 1.29 bits per heavy atom. The SMILES string of the molecule is CC1(S(=O)(=O)O)CC(=S)c2ccccc2C1=O. The van der Waals surface area contributed by atoms with Crippen LogP contribution in [0.5, 0.6) is 0 Å². The monoisotopic (exact) mass is 270 g/mol. The molecule has 1 aliphatic rings. The van der Waals surface area contributed by atoms with Gasteiger partial charge in [-0.3, -0.25) is 9.35 Å². The van der Waals surface area contributed by atoms with Crippen molar-refractivity contribution < 1.29 is 17.8 Å². The highest BCUT2D eigenvalue weighted by molar-refractivity contribution is 7.88. The first kappa shape index (κ1) is 12.3. The molecular weight excluding hydrogens is 260 g/mol. The molecule has 6 heteroatoms. The van der Waals surface area contributed by atoms with E-state index in [9.17, 15) is 17.8 Å². The molecule has 0 aromatic heterocycles. The van der Waals surface area contributed by atoms with Crippen LogP contribution in [-0.4, -0.2) is 28.4 Å². The minimum atomic E-state index is -4.49. The Morgan fingerprint density at radius 2 is 1.82 bits per heavy atom. The van der Waals surface area contributed by atoms with Crippen molar-refractivity contribution in [2.24, 2.45) is 0 Å². The molecule has 1 atom stereocenters. The number of carbonyl (C=O) groups is 1. The first-order chi connectivity index (χ1) is 7.77. The summed E-state index contributed by atoms with van der Waals surface area (Å²) >= 11 is 5.10. The number of hydrogen-bond donors (Lipinski definition) is 1. The van der Waals surface area contributed by atoms with Crippen molar-refractivity contribution in [3.05, 3.63) is 35.4 Å². The van der Waals surface area contributed by atoms with Crippen molar-refractivity contribution in [1.82, 2.24) is 0 Å². The second kappa shape index (κ2) is 3.69. The summed E-state index contributed by atoms with van der Waals surface area (Å²) in [4.78, 5) is 12.5. The fourth-order valence-electron chi connectivity index (χ4n) is 1.90. The fraction of sp³-hybridized carbons (Fsp3) is 0.273. The molecule has 0 saturated heterocycles. The molecule has 2 rings (SSSR count). The summed E-state index contributed by atoms with van der Waals surface area (Å²) in [6, 6.07) is 6.56. The van der Waals surface area contributed by atoms with E-state index in [1.165, 1.54) is 13.0 Å². The van der Waals surface area contributed by atoms with Crippen LogP contribution in [0.4, 0.5) is 0 Å². The number of rotatable bonds is 1. The van der Waals surface area contributed by atoms with Gasteiger partial charge in [0.1, 0.15) is 0 Å². The molecule has 0 spiro atoms. The van der Waals surface area contributed by atoms with E-state index >= 15 is 0 Å². The van der Waals surface area contributed by atoms with Crippen LogP contribution in [0.2, 0.25) is 0 Å². The third kappa shape index (κ3) is 1.72. The Kier molecular flexibility index (Phi) is 2.68. The zero-order chi connectivity index (χ0) is 12.8. The van der Waals surface area contributed by atoms with Crippen molar-refractivity contribution in [2.45, 2.75) is 18.1 Å². The quantitative estimate of drug-likeness (QED) is 0.620. The highest BCUT2D eigenvalue weighted by Crippen LogP contribution is 2.34. The van der Waals surface area contributed by atoms with Crippen LogP contribution in [0.1, 0.15) is 29.3 Å². The van der Waals surface area contributed by atoms with Crippen molar-refractivity contribution in [1.29, 1.82) is 0 Å². The zero-order valence-corrected chi connectivity index (χ0v) is 10.6. The van der Waals surface area contributed by atoms with E-state index < -0.39 is 20.6 Å². The van der Waals surface area contributed by atoms with Crippen molar-refractivity contribution in [3.63, 3.8) is 0 Å². The standard InChI is InChI=1S/C11H10O4S2/c1-11(17(13,14)15)6-9(16)7-4-2-3-5-8(7)10(11)12/h2-5H,6H2,1H3,(H,13,14,15). The maximum Gasteiger partial charge on any atom is 0.278 e. The smallest absolute Gasteiger partial charge is 0.278 e. The molecule has 0 amide bonds. The van der Waals surface area contributed by atoms with Gasteiger partial charge in [-0.15, -0.1) is 0 Å². The van der Waals surface area contributed by atoms with E-state index in [0.29, 0.717) is 10.4 Å². The molecule has 1 aromatic rings. The van der Waals surface area contributed by atoms with E-state index in [-0.39, 0.29) is 12.0 Å². The van der Waals surface area contributed by atoms with E-state index in [2.05, 4.69) is 0 Å². The number of carbonyl (C=O) groups excluding carboxylic acids is 1. The summed E-state index contributed by atoms with van der Waals surface area (Å²) in [5.74, 6) is -0.607. The molecule has 0 saturated carbocycles. The Hall–Kier alpha value is -1.11. The molecule has 1 aliphatic carbocycles. The van der Waals surface area contributed by atoms with Crippen LogP contribution in [0.3, 0.4) is 0 Å². The first-order valence-corrected chi connectivity index (χ1v) is 6.76. The average Bonchev–Trinajstić information content (AvgIpc) is 2.25. The maximum absolute atomic E-state index is 12.1. The number of Topliss-reactive ketones (excluding diaryl/α,β-unsaturated/α-hetero) is 1. The third-order valence-corrected chi connectivity index (χ3v) is 4.85.